The lowest BCUT2D eigenvalue weighted by Gasteiger charge is -2.28. The van der Waals surface area contributed by atoms with Crippen molar-refractivity contribution in [2.75, 3.05) is 19.8 Å². The van der Waals surface area contributed by atoms with E-state index >= 15 is 0 Å². The molecule has 88 valence electrons. The lowest BCUT2D eigenvalue weighted by molar-refractivity contribution is -0.0978. The molecular weight excluding hydrogens is 209 g/mol. The first-order valence-electron chi connectivity index (χ1n) is 5.39. The van der Waals surface area contributed by atoms with E-state index in [1.807, 2.05) is 6.92 Å². The number of rotatable bonds is 2. The van der Waals surface area contributed by atoms with E-state index in [1.54, 1.807) is 12.1 Å². The van der Waals surface area contributed by atoms with Crippen molar-refractivity contribution in [1.29, 1.82) is 0 Å². The molecule has 0 aliphatic carbocycles. The molecule has 3 nitrogen and oxygen atoms in total. The van der Waals surface area contributed by atoms with Crippen molar-refractivity contribution in [3.8, 4) is 0 Å². The van der Waals surface area contributed by atoms with E-state index in [9.17, 15) is 4.39 Å². The summed E-state index contributed by atoms with van der Waals surface area (Å²) in [6.07, 6.45) is -0.259. The van der Waals surface area contributed by atoms with E-state index in [4.69, 9.17) is 15.2 Å². The highest BCUT2D eigenvalue weighted by atomic mass is 19.1. The van der Waals surface area contributed by atoms with Crippen molar-refractivity contribution in [2.45, 2.75) is 19.1 Å². The Morgan fingerprint density at radius 1 is 1.44 bits per heavy atom. The van der Waals surface area contributed by atoms with E-state index in [2.05, 4.69) is 0 Å². The van der Waals surface area contributed by atoms with Crippen molar-refractivity contribution < 1.29 is 13.9 Å². The minimum atomic E-state index is -0.472. The summed E-state index contributed by atoms with van der Waals surface area (Å²) in [5.74, 6) is -0.285. The molecule has 0 bridgehead atoms. The van der Waals surface area contributed by atoms with Crippen LogP contribution in [0, 0.1) is 12.7 Å². The first-order valence-corrected chi connectivity index (χ1v) is 5.39. The number of benzene rings is 1. The van der Waals surface area contributed by atoms with Gasteiger partial charge < -0.3 is 15.2 Å². The van der Waals surface area contributed by atoms with Gasteiger partial charge in [0.2, 0.25) is 0 Å². The first kappa shape index (κ1) is 11.5. The average molecular weight is 225 g/mol. The van der Waals surface area contributed by atoms with Gasteiger partial charge in [-0.25, -0.2) is 4.39 Å². The molecule has 2 rings (SSSR count). The van der Waals surface area contributed by atoms with Gasteiger partial charge >= 0.3 is 0 Å². The molecule has 1 aromatic rings. The molecule has 0 amide bonds. The van der Waals surface area contributed by atoms with Crippen molar-refractivity contribution in [3.05, 3.63) is 35.1 Å². The maximum absolute atomic E-state index is 13.6. The lowest BCUT2D eigenvalue weighted by Crippen LogP contribution is -2.38. The van der Waals surface area contributed by atoms with Crippen LogP contribution in [0.4, 0.5) is 4.39 Å². The Labute approximate surface area is 94.3 Å². The van der Waals surface area contributed by atoms with Crippen LogP contribution in [0.25, 0.3) is 0 Å². The van der Waals surface area contributed by atoms with Crippen LogP contribution in [0.15, 0.2) is 18.2 Å². The highest BCUT2D eigenvalue weighted by Crippen LogP contribution is 2.22. The fourth-order valence-electron chi connectivity index (χ4n) is 1.83. The van der Waals surface area contributed by atoms with Crippen molar-refractivity contribution in [2.24, 2.45) is 5.73 Å². The number of halogens is 1. The zero-order valence-corrected chi connectivity index (χ0v) is 9.28. The van der Waals surface area contributed by atoms with Gasteiger partial charge in [-0.2, -0.15) is 0 Å². The van der Waals surface area contributed by atoms with E-state index in [1.165, 1.54) is 6.07 Å². The van der Waals surface area contributed by atoms with Gasteiger partial charge in [0, 0.05) is 5.56 Å². The summed E-state index contributed by atoms with van der Waals surface area (Å²) in [6, 6.07) is 4.45. The van der Waals surface area contributed by atoms with Crippen molar-refractivity contribution >= 4 is 0 Å². The molecule has 0 spiro atoms. The van der Waals surface area contributed by atoms with Gasteiger partial charge in [-0.05, 0) is 13.0 Å². The predicted molar refractivity (Wildman–Crippen MR) is 58.6 cm³/mol. The van der Waals surface area contributed by atoms with Crippen LogP contribution >= 0.6 is 0 Å². The average Bonchev–Trinajstić information content (AvgIpc) is 2.32. The molecule has 0 saturated carbocycles. The van der Waals surface area contributed by atoms with Gasteiger partial charge in [0.1, 0.15) is 11.9 Å². The Hall–Kier alpha value is -0.970. The molecule has 2 N–H and O–H groups in total. The molecule has 2 atom stereocenters. The summed E-state index contributed by atoms with van der Waals surface area (Å²) in [5, 5.41) is 0. The Kier molecular flexibility index (Phi) is 3.53. The van der Waals surface area contributed by atoms with E-state index in [-0.39, 0.29) is 11.9 Å². The third-order valence-corrected chi connectivity index (χ3v) is 2.75. The fourth-order valence-corrected chi connectivity index (χ4v) is 1.83. The highest BCUT2D eigenvalue weighted by molar-refractivity contribution is 5.27. The maximum Gasteiger partial charge on any atom is 0.128 e. The third-order valence-electron chi connectivity index (χ3n) is 2.75. The molecule has 1 aliphatic rings. The van der Waals surface area contributed by atoms with Crippen molar-refractivity contribution in [1.82, 2.24) is 0 Å². The smallest absolute Gasteiger partial charge is 0.128 e. The molecular formula is C12H16FNO2. The summed E-state index contributed by atoms with van der Waals surface area (Å²) >= 11 is 0. The molecule has 0 aromatic heterocycles. The van der Waals surface area contributed by atoms with Gasteiger partial charge in [0.15, 0.2) is 0 Å². The van der Waals surface area contributed by atoms with E-state index in [0.717, 1.165) is 5.56 Å². The molecule has 1 saturated heterocycles. The number of hydrogen-bond donors (Lipinski definition) is 1. The summed E-state index contributed by atoms with van der Waals surface area (Å²) < 4.78 is 24.3. The second-order valence-electron chi connectivity index (χ2n) is 4.03. The minimum absolute atomic E-state index is 0.259. The van der Waals surface area contributed by atoms with Gasteiger partial charge in [-0.15, -0.1) is 0 Å². The van der Waals surface area contributed by atoms with Crippen molar-refractivity contribution in [3.63, 3.8) is 0 Å². The maximum atomic E-state index is 13.6. The van der Waals surface area contributed by atoms with Crippen LogP contribution in [0.2, 0.25) is 0 Å². The zero-order valence-electron chi connectivity index (χ0n) is 9.28. The molecule has 1 aromatic carbocycles. The first-order chi connectivity index (χ1) is 7.68. The predicted octanol–water partition coefficient (Wildman–Crippen LogP) is 1.55. The molecule has 2 unspecified atom stereocenters. The Morgan fingerprint density at radius 3 is 2.94 bits per heavy atom. The second-order valence-corrected chi connectivity index (χ2v) is 4.03. The molecule has 0 radical (unpaired) electrons. The van der Waals surface area contributed by atoms with Crippen LogP contribution < -0.4 is 5.73 Å². The number of aryl methyl sites for hydroxylation is 1. The highest BCUT2D eigenvalue weighted by Gasteiger charge is 2.25. The minimum Gasteiger partial charge on any atom is -0.376 e. The molecule has 1 aliphatic heterocycles. The quantitative estimate of drug-likeness (QED) is 0.830. The second kappa shape index (κ2) is 4.91. The summed E-state index contributed by atoms with van der Waals surface area (Å²) in [5.41, 5.74) is 7.48. The molecule has 4 heteroatoms. The topological polar surface area (TPSA) is 44.5 Å². The summed E-state index contributed by atoms with van der Waals surface area (Å²) in [4.78, 5) is 0. The fraction of sp³-hybridized carbons (Fsp3) is 0.500. The SMILES string of the molecule is Cc1ccc(F)c(C(N)C2COCCO2)c1. The zero-order chi connectivity index (χ0) is 11.5. The van der Waals surface area contributed by atoms with Gasteiger partial charge in [-0.3, -0.25) is 0 Å². The van der Waals surface area contributed by atoms with Crippen LogP contribution in [-0.2, 0) is 9.47 Å². The van der Waals surface area contributed by atoms with Crippen LogP contribution in [0.5, 0.6) is 0 Å². The molecule has 1 heterocycles. The van der Waals surface area contributed by atoms with Gasteiger partial charge in [0.05, 0.1) is 25.9 Å². The molecule has 16 heavy (non-hydrogen) atoms. The number of hydrogen-bond acceptors (Lipinski definition) is 3. The summed E-state index contributed by atoms with van der Waals surface area (Å²) in [7, 11) is 0. The molecule has 1 fully saturated rings. The normalized spacial score (nSPS) is 23.1. The van der Waals surface area contributed by atoms with Gasteiger partial charge in [0.25, 0.3) is 0 Å². The standard InChI is InChI=1S/C12H16FNO2/c1-8-2-3-10(13)9(6-8)12(14)11-7-15-4-5-16-11/h2-3,6,11-12H,4-5,7,14H2,1H3. The number of ether oxygens (including phenoxy) is 2. The van der Waals surface area contributed by atoms with Gasteiger partial charge in [-0.1, -0.05) is 17.7 Å². The lowest BCUT2D eigenvalue weighted by atomic mass is 10.00. The van der Waals surface area contributed by atoms with Crippen LogP contribution in [0.1, 0.15) is 17.2 Å². The largest absolute Gasteiger partial charge is 0.376 e. The Morgan fingerprint density at radius 2 is 2.25 bits per heavy atom. The number of nitrogens with two attached hydrogens (primary N) is 1. The third kappa shape index (κ3) is 2.40. The van der Waals surface area contributed by atoms with Crippen LogP contribution in [-0.4, -0.2) is 25.9 Å². The van der Waals surface area contributed by atoms with E-state index in [0.29, 0.717) is 25.4 Å². The van der Waals surface area contributed by atoms with Crippen LogP contribution in [0.3, 0.4) is 0 Å². The Balaban J connectivity index is 2.18. The monoisotopic (exact) mass is 225 g/mol. The van der Waals surface area contributed by atoms with E-state index < -0.39 is 6.04 Å². The Bertz CT molecular complexity index is 364. The summed E-state index contributed by atoms with van der Waals surface area (Å²) in [6.45, 7) is 3.44.